The molecular formula is C22H26F6O6. The van der Waals surface area contributed by atoms with E-state index >= 15 is 0 Å². The first kappa shape index (κ1) is 25.6. The minimum absolute atomic E-state index is 0.425. The molecule has 4 aliphatic rings. The molecule has 0 unspecified atom stereocenters. The van der Waals surface area contributed by atoms with Crippen molar-refractivity contribution >= 4 is 0 Å². The summed E-state index contributed by atoms with van der Waals surface area (Å²) in [7, 11) is 0. The molecule has 2 saturated heterocycles. The molecule has 0 aromatic heterocycles. The molecule has 0 saturated carbocycles. The Morgan fingerprint density at radius 1 is 0.676 bits per heavy atom. The maximum absolute atomic E-state index is 13.7. The summed E-state index contributed by atoms with van der Waals surface area (Å²) >= 11 is 0. The predicted molar refractivity (Wildman–Crippen MR) is 104 cm³/mol. The van der Waals surface area contributed by atoms with Gasteiger partial charge in [0.2, 0.25) is 11.6 Å². The quantitative estimate of drug-likeness (QED) is 0.389. The van der Waals surface area contributed by atoms with Gasteiger partial charge in [0, 0.05) is 24.0 Å². The Balaban J connectivity index is 1.94. The van der Waals surface area contributed by atoms with Crippen LogP contribution < -0.4 is 0 Å². The first-order valence-corrected chi connectivity index (χ1v) is 10.8. The van der Waals surface area contributed by atoms with Gasteiger partial charge in [0.25, 0.3) is 0 Å². The van der Waals surface area contributed by atoms with Crippen LogP contribution in [-0.2, 0) is 18.9 Å². The Morgan fingerprint density at radius 3 is 1.29 bits per heavy atom. The van der Waals surface area contributed by atoms with Crippen LogP contribution in [0.4, 0.5) is 26.3 Å². The number of fused-ring (bicyclic) bond motifs is 2. The standard InChI is InChI=1S/C22H26F6O6/c1-11-9-13(21(23,24)25)33-19(31-11)7-5-18(4,30)16-15(19)17(3,29)6-8-20(16)32-12(2)10-14(34-20)22(26,27)28/h5-8,11-14,29-30H,9-10H2,1-4H3/t11-,12-,13-,14-,17+,18+,19-,20-/m1/s1. The monoisotopic (exact) mass is 500 g/mol. The van der Waals surface area contributed by atoms with E-state index < -0.39 is 83.5 Å². The smallest absolute Gasteiger partial charge is 0.381 e. The van der Waals surface area contributed by atoms with E-state index in [9.17, 15) is 36.6 Å². The third kappa shape index (κ3) is 4.11. The number of aliphatic hydroxyl groups is 2. The van der Waals surface area contributed by atoms with Gasteiger partial charge in [-0.25, -0.2) is 0 Å². The van der Waals surface area contributed by atoms with Gasteiger partial charge in [0.15, 0.2) is 12.2 Å². The molecule has 2 heterocycles. The summed E-state index contributed by atoms with van der Waals surface area (Å²) in [6.45, 7) is 5.15. The highest BCUT2D eigenvalue weighted by molar-refractivity contribution is 5.55. The topological polar surface area (TPSA) is 77.4 Å². The van der Waals surface area contributed by atoms with Crippen molar-refractivity contribution in [2.75, 3.05) is 0 Å². The predicted octanol–water partition coefficient (Wildman–Crippen LogP) is 3.83. The van der Waals surface area contributed by atoms with Crippen LogP contribution in [-0.4, -0.2) is 69.8 Å². The van der Waals surface area contributed by atoms with E-state index in [1.807, 2.05) is 0 Å². The van der Waals surface area contributed by atoms with Crippen molar-refractivity contribution in [3.63, 3.8) is 0 Å². The Bertz CT molecular complexity index is 861. The number of hydrogen-bond acceptors (Lipinski definition) is 6. The Hall–Kier alpha value is -1.44. The molecule has 6 nitrogen and oxygen atoms in total. The first-order chi connectivity index (χ1) is 15.3. The average molecular weight is 500 g/mol. The van der Waals surface area contributed by atoms with Gasteiger partial charge in [0.05, 0.1) is 12.2 Å². The number of halogens is 6. The first-order valence-electron chi connectivity index (χ1n) is 10.8. The Kier molecular flexibility index (Phi) is 5.68. The second-order valence-electron chi connectivity index (χ2n) is 9.67. The molecule has 2 aliphatic heterocycles. The van der Waals surface area contributed by atoms with Crippen LogP contribution in [0.2, 0.25) is 0 Å². The van der Waals surface area contributed by atoms with Crippen LogP contribution in [0.1, 0.15) is 40.5 Å². The Labute approximate surface area is 191 Å². The van der Waals surface area contributed by atoms with E-state index in [1.165, 1.54) is 27.7 Å². The van der Waals surface area contributed by atoms with E-state index in [0.717, 1.165) is 24.3 Å². The minimum atomic E-state index is -4.79. The fraction of sp³-hybridized carbons (Fsp3) is 0.727. The van der Waals surface area contributed by atoms with Crippen molar-refractivity contribution in [3.8, 4) is 0 Å². The maximum Gasteiger partial charge on any atom is 0.414 e. The SMILES string of the molecule is C[C@@H]1C[C@H](C(F)(F)F)O[C@@]2(C=C[C@](C)(O)C3=C2[C@@](C)(O)C=C[C@]32O[C@H](C)C[C@H](C(F)(F)F)O2)O1. The summed E-state index contributed by atoms with van der Waals surface area (Å²) in [6, 6.07) is 0. The second kappa shape index (κ2) is 7.53. The van der Waals surface area contributed by atoms with Crippen molar-refractivity contribution in [2.45, 2.75) is 100 Å². The molecule has 192 valence electrons. The van der Waals surface area contributed by atoms with Gasteiger partial charge in [-0.15, -0.1) is 0 Å². The van der Waals surface area contributed by atoms with Gasteiger partial charge in [-0.3, -0.25) is 0 Å². The molecule has 0 amide bonds. The van der Waals surface area contributed by atoms with Gasteiger partial charge in [-0.2, -0.15) is 26.3 Å². The molecule has 8 atom stereocenters. The number of hydrogen-bond donors (Lipinski definition) is 2. The van der Waals surface area contributed by atoms with Gasteiger partial charge in [-0.1, -0.05) is 0 Å². The van der Waals surface area contributed by atoms with E-state index in [4.69, 9.17) is 18.9 Å². The van der Waals surface area contributed by atoms with Crippen molar-refractivity contribution in [2.24, 2.45) is 0 Å². The zero-order valence-electron chi connectivity index (χ0n) is 18.8. The highest BCUT2D eigenvalue weighted by Crippen LogP contribution is 2.56. The molecule has 0 aromatic rings. The van der Waals surface area contributed by atoms with Crippen LogP contribution in [0, 0.1) is 0 Å². The van der Waals surface area contributed by atoms with Gasteiger partial charge < -0.3 is 29.2 Å². The van der Waals surface area contributed by atoms with E-state index in [-0.39, 0.29) is 0 Å². The van der Waals surface area contributed by atoms with Crippen molar-refractivity contribution in [1.29, 1.82) is 0 Å². The highest BCUT2D eigenvalue weighted by Gasteiger charge is 2.64. The third-order valence-electron chi connectivity index (χ3n) is 6.42. The lowest BCUT2D eigenvalue weighted by molar-refractivity contribution is -0.350. The third-order valence-corrected chi connectivity index (χ3v) is 6.42. The molecule has 34 heavy (non-hydrogen) atoms. The molecule has 12 heteroatoms. The molecule has 2 N–H and O–H groups in total. The minimum Gasteiger partial charge on any atom is -0.381 e. The van der Waals surface area contributed by atoms with Crippen molar-refractivity contribution < 1.29 is 55.5 Å². The fourth-order valence-corrected chi connectivity index (χ4v) is 5.10. The zero-order chi connectivity index (χ0) is 25.5. The lowest BCUT2D eigenvalue weighted by Crippen LogP contribution is -2.64. The number of rotatable bonds is 0. The lowest BCUT2D eigenvalue weighted by Gasteiger charge is -2.56. The average Bonchev–Trinajstić information content (AvgIpc) is 2.65. The van der Waals surface area contributed by atoms with Crippen LogP contribution >= 0.6 is 0 Å². The summed E-state index contributed by atoms with van der Waals surface area (Å²) in [5.74, 6) is -4.70. The molecule has 4 rings (SSSR count). The van der Waals surface area contributed by atoms with Crippen LogP contribution in [0.3, 0.4) is 0 Å². The van der Waals surface area contributed by atoms with E-state index in [2.05, 4.69) is 0 Å². The zero-order valence-corrected chi connectivity index (χ0v) is 18.8. The van der Waals surface area contributed by atoms with E-state index in [0.29, 0.717) is 0 Å². The summed E-state index contributed by atoms with van der Waals surface area (Å²) in [5, 5.41) is 22.5. The number of ether oxygens (including phenoxy) is 4. The Morgan fingerprint density at radius 2 is 1.00 bits per heavy atom. The van der Waals surface area contributed by atoms with Gasteiger partial charge >= 0.3 is 12.4 Å². The highest BCUT2D eigenvalue weighted by atomic mass is 19.4. The molecule has 0 aromatic carbocycles. The molecule has 0 radical (unpaired) electrons. The van der Waals surface area contributed by atoms with Crippen molar-refractivity contribution in [3.05, 3.63) is 35.5 Å². The van der Waals surface area contributed by atoms with Crippen LogP contribution in [0.5, 0.6) is 0 Å². The molecule has 0 bridgehead atoms. The lowest BCUT2D eigenvalue weighted by atomic mass is 9.68. The molecular weight excluding hydrogens is 474 g/mol. The van der Waals surface area contributed by atoms with Gasteiger partial charge in [-0.05, 0) is 52.0 Å². The van der Waals surface area contributed by atoms with Crippen LogP contribution in [0.25, 0.3) is 0 Å². The fourth-order valence-electron chi connectivity index (χ4n) is 5.10. The molecule has 2 spiro atoms. The summed E-state index contributed by atoms with van der Waals surface area (Å²) in [5.41, 5.74) is -5.04. The second-order valence-corrected chi connectivity index (χ2v) is 9.67. The van der Waals surface area contributed by atoms with Gasteiger partial charge in [0.1, 0.15) is 11.2 Å². The van der Waals surface area contributed by atoms with E-state index in [1.54, 1.807) is 0 Å². The summed E-state index contributed by atoms with van der Waals surface area (Å²) in [6.07, 6.45) is -13.1. The maximum atomic E-state index is 13.7. The number of alkyl halides is 6. The largest absolute Gasteiger partial charge is 0.414 e. The van der Waals surface area contributed by atoms with Crippen molar-refractivity contribution in [1.82, 2.24) is 0 Å². The summed E-state index contributed by atoms with van der Waals surface area (Å²) < 4.78 is 104. The van der Waals surface area contributed by atoms with Crippen LogP contribution in [0.15, 0.2) is 35.5 Å². The molecule has 2 fully saturated rings. The molecule has 2 aliphatic carbocycles. The summed E-state index contributed by atoms with van der Waals surface area (Å²) in [4.78, 5) is 0. The normalized spacial score (nSPS) is 47.4.